The van der Waals surface area contributed by atoms with Gasteiger partial charge in [0, 0.05) is 6.20 Å². The first-order valence-electron chi connectivity index (χ1n) is 3.60. The molecule has 0 aliphatic rings. The molecule has 6 heteroatoms. The van der Waals surface area contributed by atoms with E-state index in [0.29, 0.717) is 0 Å². The first-order valence-corrected chi connectivity index (χ1v) is 5.63. The molecule has 0 aromatic carbocycles. The van der Waals surface area contributed by atoms with Crippen LogP contribution in [0.25, 0.3) is 0 Å². The van der Waals surface area contributed by atoms with Crippen molar-refractivity contribution < 1.29 is 8.42 Å². The third kappa shape index (κ3) is 1.92. The number of halogens is 1. The van der Waals surface area contributed by atoms with Crippen LogP contribution < -0.4 is 5.73 Å². The predicted molar refractivity (Wildman–Crippen MR) is 51.4 cm³/mol. The Balaban J connectivity index is 3.46. The summed E-state index contributed by atoms with van der Waals surface area (Å²) in [6, 6.07) is 0. The van der Waals surface area contributed by atoms with Gasteiger partial charge in [-0.15, -0.1) is 0 Å². The average Bonchev–Trinajstić information content (AvgIpc) is 2.03. The first-order chi connectivity index (χ1) is 5.99. The number of hydrogen-bond acceptors (Lipinski definition) is 4. The number of pyridine rings is 1. The van der Waals surface area contributed by atoms with Gasteiger partial charge in [0.2, 0.25) is 0 Å². The molecular weight excluding hydrogens is 212 g/mol. The highest BCUT2D eigenvalue weighted by molar-refractivity contribution is 7.91. The Morgan fingerprint density at radius 1 is 1.54 bits per heavy atom. The van der Waals surface area contributed by atoms with Crippen LogP contribution in [-0.2, 0) is 9.84 Å². The summed E-state index contributed by atoms with van der Waals surface area (Å²) in [5.74, 6) is -0.0269. The minimum absolute atomic E-state index is 0.0216. The molecule has 1 rings (SSSR count). The number of nitrogen functional groups attached to an aromatic ring is 1. The summed E-state index contributed by atoms with van der Waals surface area (Å²) in [6.07, 6.45) is 2.54. The van der Waals surface area contributed by atoms with Crippen molar-refractivity contribution in [3.8, 4) is 0 Å². The number of nitrogens with zero attached hydrogens (tertiary/aromatic N) is 1. The molecule has 1 aromatic heterocycles. The Morgan fingerprint density at radius 2 is 2.15 bits per heavy atom. The molecular formula is C7H9ClN2O2S. The highest BCUT2D eigenvalue weighted by Gasteiger charge is 2.19. The average molecular weight is 221 g/mol. The van der Waals surface area contributed by atoms with Crippen LogP contribution in [0.2, 0.25) is 5.02 Å². The van der Waals surface area contributed by atoms with E-state index in [4.69, 9.17) is 17.3 Å². The van der Waals surface area contributed by atoms with E-state index in [1.807, 2.05) is 0 Å². The summed E-state index contributed by atoms with van der Waals surface area (Å²) < 4.78 is 22.9. The van der Waals surface area contributed by atoms with Crippen molar-refractivity contribution in [1.82, 2.24) is 4.98 Å². The fourth-order valence-electron chi connectivity index (χ4n) is 0.911. The largest absolute Gasteiger partial charge is 0.396 e. The molecule has 0 bridgehead atoms. The van der Waals surface area contributed by atoms with Gasteiger partial charge in [-0.3, -0.25) is 4.98 Å². The maximum Gasteiger partial charge on any atom is 0.181 e. The van der Waals surface area contributed by atoms with E-state index in [1.165, 1.54) is 19.3 Å². The van der Waals surface area contributed by atoms with Gasteiger partial charge in [0.25, 0.3) is 0 Å². The van der Waals surface area contributed by atoms with E-state index in [-0.39, 0.29) is 21.4 Å². The molecule has 0 saturated carbocycles. The van der Waals surface area contributed by atoms with Gasteiger partial charge >= 0.3 is 0 Å². The summed E-state index contributed by atoms with van der Waals surface area (Å²) in [6.45, 7) is 1.53. The van der Waals surface area contributed by atoms with Crippen LogP contribution in [0, 0.1) is 0 Å². The molecule has 0 aliphatic heterocycles. The standard InChI is InChI=1S/C7H9ClN2O2S/c1-2-13(11,12)7-5(8)3-10-4-6(7)9/h3-4H,2,9H2,1H3. The zero-order valence-electron chi connectivity index (χ0n) is 6.99. The Labute approximate surface area is 81.6 Å². The summed E-state index contributed by atoms with van der Waals surface area (Å²) in [5.41, 5.74) is 5.55. The van der Waals surface area contributed by atoms with Crippen LogP contribution in [0.5, 0.6) is 0 Å². The van der Waals surface area contributed by atoms with E-state index < -0.39 is 9.84 Å². The topological polar surface area (TPSA) is 73.0 Å². The van der Waals surface area contributed by atoms with E-state index in [9.17, 15) is 8.42 Å². The summed E-state index contributed by atoms with van der Waals surface area (Å²) in [7, 11) is -3.36. The molecule has 1 aromatic rings. The number of nitrogens with two attached hydrogens (primary N) is 1. The van der Waals surface area contributed by atoms with Crippen molar-refractivity contribution in [3.05, 3.63) is 17.4 Å². The van der Waals surface area contributed by atoms with Gasteiger partial charge in [0.15, 0.2) is 9.84 Å². The quantitative estimate of drug-likeness (QED) is 0.811. The minimum Gasteiger partial charge on any atom is -0.396 e. The van der Waals surface area contributed by atoms with E-state index >= 15 is 0 Å². The summed E-state index contributed by atoms with van der Waals surface area (Å²) in [5, 5.41) is 0.0712. The molecule has 0 spiro atoms. The molecule has 0 amide bonds. The highest BCUT2D eigenvalue weighted by Crippen LogP contribution is 2.26. The van der Waals surface area contributed by atoms with Crippen molar-refractivity contribution in [1.29, 1.82) is 0 Å². The maximum atomic E-state index is 11.5. The van der Waals surface area contributed by atoms with Crippen LogP contribution in [0.4, 0.5) is 5.69 Å². The smallest absolute Gasteiger partial charge is 0.181 e. The van der Waals surface area contributed by atoms with Gasteiger partial charge in [0.1, 0.15) is 4.90 Å². The Kier molecular flexibility index (Phi) is 2.77. The monoisotopic (exact) mass is 220 g/mol. The predicted octanol–water partition coefficient (Wildman–Crippen LogP) is 1.11. The van der Waals surface area contributed by atoms with Gasteiger partial charge in [0.05, 0.1) is 22.7 Å². The molecule has 1 heterocycles. The van der Waals surface area contributed by atoms with Crippen molar-refractivity contribution in [3.63, 3.8) is 0 Å². The molecule has 0 unspecified atom stereocenters. The van der Waals surface area contributed by atoms with Gasteiger partial charge < -0.3 is 5.73 Å². The Bertz CT molecular complexity index is 396. The number of sulfone groups is 1. The fraction of sp³-hybridized carbons (Fsp3) is 0.286. The van der Waals surface area contributed by atoms with Crippen molar-refractivity contribution in [2.24, 2.45) is 0 Å². The molecule has 0 fully saturated rings. The number of anilines is 1. The normalized spacial score (nSPS) is 11.5. The van der Waals surface area contributed by atoms with Crippen LogP contribution >= 0.6 is 11.6 Å². The number of rotatable bonds is 2. The van der Waals surface area contributed by atoms with Crippen molar-refractivity contribution in [2.45, 2.75) is 11.8 Å². The van der Waals surface area contributed by atoms with E-state index in [1.54, 1.807) is 0 Å². The van der Waals surface area contributed by atoms with Crippen molar-refractivity contribution >= 4 is 27.1 Å². The van der Waals surface area contributed by atoms with E-state index in [2.05, 4.69) is 4.98 Å². The number of hydrogen-bond donors (Lipinski definition) is 1. The van der Waals surface area contributed by atoms with Crippen LogP contribution in [-0.4, -0.2) is 19.2 Å². The minimum atomic E-state index is -3.36. The lowest BCUT2D eigenvalue weighted by Crippen LogP contribution is -2.08. The second kappa shape index (κ2) is 3.51. The third-order valence-electron chi connectivity index (χ3n) is 1.57. The Morgan fingerprint density at radius 3 is 2.62 bits per heavy atom. The highest BCUT2D eigenvalue weighted by atomic mass is 35.5. The molecule has 0 aliphatic carbocycles. The van der Waals surface area contributed by atoms with Gasteiger partial charge in [-0.1, -0.05) is 18.5 Å². The van der Waals surface area contributed by atoms with Crippen molar-refractivity contribution in [2.75, 3.05) is 11.5 Å². The molecule has 0 radical (unpaired) electrons. The lowest BCUT2D eigenvalue weighted by molar-refractivity contribution is 0.597. The second-order valence-electron chi connectivity index (χ2n) is 2.44. The van der Waals surface area contributed by atoms with E-state index in [0.717, 1.165) is 0 Å². The molecule has 0 atom stereocenters. The van der Waals surface area contributed by atoms with Crippen LogP contribution in [0.3, 0.4) is 0 Å². The van der Waals surface area contributed by atoms with Gasteiger partial charge in [-0.2, -0.15) is 0 Å². The van der Waals surface area contributed by atoms with Gasteiger partial charge in [-0.25, -0.2) is 8.42 Å². The fourth-order valence-corrected chi connectivity index (χ4v) is 2.48. The lowest BCUT2D eigenvalue weighted by atomic mass is 10.4. The number of aromatic nitrogens is 1. The summed E-state index contributed by atoms with van der Waals surface area (Å²) in [4.78, 5) is 3.65. The molecule has 4 nitrogen and oxygen atoms in total. The molecule has 72 valence electrons. The maximum absolute atomic E-state index is 11.5. The first kappa shape index (κ1) is 10.3. The van der Waals surface area contributed by atoms with Gasteiger partial charge in [-0.05, 0) is 0 Å². The third-order valence-corrected chi connectivity index (χ3v) is 3.81. The molecule has 2 N–H and O–H groups in total. The lowest BCUT2D eigenvalue weighted by Gasteiger charge is -2.05. The molecule has 0 saturated heterocycles. The van der Waals surface area contributed by atoms with Crippen LogP contribution in [0.1, 0.15) is 6.92 Å². The Hall–Kier alpha value is -0.810. The SMILES string of the molecule is CCS(=O)(=O)c1c(N)cncc1Cl. The molecule has 13 heavy (non-hydrogen) atoms. The zero-order valence-corrected chi connectivity index (χ0v) is 8.56. The van der Waals surface area contributed by atoms with Crippen LogP contribution in [0.15, 0.2) is 17.3 Å². The summed E-state index contributed by atoms with van der Waals surface area (Å²) >= 11 is 5.67. The second-order valence-corrected chi connectivity index (χ2v) is 5.07. The zero-order chi connectivity index (χ0) is 10.1.